The zero-order chi connectivity index (χ0) is 17.2. The molecular weight excluding hydrogens is 318 g/mol. The molecule has 2 amide bonds. The van der Waals surface area contributed by atoms with Gasteiger partial charge < -0.3 is 14.4 Å². The van der Waals surface area contributed by atoms with Gasteiger partial charge in [-0.2, -0.15) is 5.10 Å². The summed E-state index contributed by atoms with van der Waals surface area (Å²) in [6, 6.07) is 2.10. The van der Waals surface area contributed by atoms with Crippen LogP contribution in [0.1, 0.15) is 43.3 Å². The van der Waals surface area contributed by atoms with Crippen LogP contribution in [0.4, 0.5) is 4.79 Å². The number of amides is 2. The molecule has 2 aromatic heterocycles. The Balaban J connectivity index is 1.46. The Labute approximate surface area is 147 Å². The van der Waals surface area contributed by atoms with Crippen LogP contribution in [0, 0.1) is 0 Å². The van der Waals surface area contributed by atoms with Gasteiger partial charge in [-0.1, -0.05) is 0 Å². The van der Waals surface area contributed by atoms with E-state index in [1.54, 1.807) is 6.20 Å². The van der Waals surface area contributed by atoms with Crippen LogP contribution in [0.15, 0.2) is 18.5 Å². The predicted octanol–water partition coefficient (Wildman–Crippen LogP) is 1.46. The summed E-state index contributed by atoms with van der Waals surface area (Å²) in [5, 5.41) is 13.0. The highest BCUT2D eigenvalue weighted by molar-refractivity contribution is 5.74. The van der Waals surface area contributed by atoms with Crippen LogP contribution in [-0.4, -0.2) is 66.6 Å². The lowest BCUT2D eigenvalue weighted by Gasteiger charge is -2.34. The Kier molecular flexibility index (Phi) is 4.42. The maximum absolute atomic E-state index is 12.7. The second-order valence-corrected chi connectivity index (χ2v) is 7.00. The third kappa shape index (κ3) is 3.25. The van der Waals surface area contributed by atoms with Crippen LogP contribution in [0.2, 0.25) is 0 Å². The number of hydrogen-bond acceptors (Lipinski definition) is 4. The van der Waals surface area contributed by atoms with Crippen molar-refractivity contribution < 1.29 is 4.79 Å². The van der Waals surface area contributed by atoms with Gasteiger partial charge in [-0.3, -0.25) is 4.68 Å². The van der Waals surface area contributed by atoms with Crippen LogP contribution < -0.4 is 0 Å². The zero-order valence-corrected chi connectivity index (χ0v) is 14.7. The van der Waals surface area contributed by atoms with E-state index in [9.17, 15) is 4.79 Å². The lowest BCUT2D eigenvalue weighted by atomic mass is 9.97. The van der Waals surface area contributed by atoms with Crippen molar-refractivity contribution in [1.82, 2.24) is 34.3 Å². The molecule has 8 nitrogen and oxygen atoms in total. The van der Waals surface area contributed by atoms with Crippen LogP contribution in [0.3, 0.4) is 0 Å². The molecule has 0 radical (unpaired) electrons. The molecule has 0 N–H and O–H groups in total. The number of piperidine rings is 1. The normalized spacial score (nSPS) is 21.1. The van der Waals surface area contributed by atoms with Crippen molar-refractivity contribution in [2.75, 3.05) is 26.2 Å². The van der Waals surface area contributed by atoms with Crippen LogP contribution in [-0.2, 0) is 13.6 Å². The fourth-order valence-corrected chi connectivity index (χ4v) is 3.88. The first-order valence-electron chi connectivity index (χ1n) is 9.12. The lowest BCUT2D eigenvalue weighted by molar-refractivity contribution is 0.145. The van der Waals surface area contributed by atoms with Gasteiger partial charge in [-0.15, -0.1) is 10.2 Å². The second kappa shape index (κ2) is 6.85. The van der Waals surface area contributed by atoms with Crippen molar-refractivity contribution in [1.29, 1.82) is 0 Å². The van der Waals surface area contributed by atoms with Gasteiger partial charge in [-0.05, 0) is 31.7 Å². The van der Waals surface area contributed by atoms with Gasteiger partial charge in [0.05, 0.1) is 0 Å². The van der Waals surface area contributed by atoms with E-state index in [0.29, 0.717) is 6.54 Å². The third-order valence-electron chi connectivity index (χ3n) is 5.29. The molecule has 134 valence electrons. The number of aromatic nitrogens is 5. The Morgan fingerprint density at radius 3 is 2.72 bits per heavy atom. The largest absolute Gasteiger partial charge is 0.325 e. The molecule has 4 heterocycles. The molecule has 2 saturated heterocycles. The van der Waals surface area contributed by atoms with E-state index in [2.05, 4.69) is 19.9 Å². The topological polar surface area (TPSA) is 72.1 Å². The summed E-state index contributed by atoms with van der Waals surface area (Å²) >= 11 is 0. The molecule has 0 bridgehead atoms. The third-order valence-corrected chi connectivity index (χ3v) is 5.29. The van der Waals surface area contributed by atoms with Gasteiger partial charge in [-0.25, -0.2) is 4.79 Å². The first-order valence-corrected chi connectivity index (χ1v) is 9.12. The number of likely N-dealkylation sites (tertiary alicyclic amines) is 2. The number of carbonyl (C=O) groups excluding carboxylic acids is 1. The molecule has 1 atom stereocenters. The van der Waals surface area contributed by atoms with Crippen molar-refractivity contribution >= 4 is 6.03 Å². The first-order chi connectivity index (χ1) is 12.2. The smallest absolute Gasteiger partial charge is 0.320 e. The summed E-state index contributed by atoms with van der Waals surface area (Å²) in [6.07, 6.45) is 8.01. The molecule has 25 heavy (non-hydrogen) atoms. The van der Waals surface area contributed by atoms with Crippen molar-refractivity contribution in [2.45, 2.75) is 38.1 Å². The fourth-order valence-electron chi connectivity index (χ4n) is 3.88. The quantitative estimate of drug-likeness (QED) is 0.846. The predicted molar refractivity (Wildman–Crippen MR) is 92.1 cm³/mol. The Hall–Kier alpha value is -2.38. The highest BCUT2D eigenvalue weighted by Gasteiger charge is 2.31. The van der Waals surface area contributed by atoms with E-state index in [1.807, 2.05) is 33.8 Å². The molecular formula is C17H25N7O. The molecule has 2 aliphatic heterocycles. The summed E-state index contributed by atoms with van der Waals surface area (Å²) in [4.78, 5) is 16.7. The van der Waals surface area contributed by atoms with E-state index >= 15 is 0 Å². The molecule has 2 aliphatic rings. The second-order valence-electron chi connectivity index (χ2n) is 7.00. The monoisotopic (exact) mass is 343 g/mol. The minimum atomic E-state index is 0.195. The summed E-state index contributed by atoms with van der Waals surface area (Å²) in [5.74, 6) is 2.12. The van der Waals surface area contributed by atoms with Crippen LogP contribution >= 0.6 is 0 Å². The maximum atomic E-state index is 12.7. The number of nitrogens with zero attached hydrogens (tertiary/aromatic N) is 7. The average molecular weight is 343 g/mol. The first kappa shape index (κ1) is 16.1. The fraction of sp³-hybridized carbons (Fsp3) is 0.647. The van der Waals surface area contributed by atoms with E-state index in [0.717, 1.165) is 63.5 Å². The van der Waals surface area contributed by atoms with Gasteiger partial charge in [0.2, 0.25) is 0 Å². The van der Waals surface area contributed by atoms with Gasteiger partial charge in [0, 0.05) is 51.5 Å². The van der Waals surface area contributed by atoms with Crippen molar-refractivity contribution in [3.05, 3.63) is 30.1 Å². The van der Waals surface area contributed by atoms with Crippen LogP contribution in [0.25, 0.3) is 0 Å². The molecule has 8 heteroatoms. The highest BCUT2D eigenvalue weighted by Crippen LogP contribution is 2.27. The summed E-state index contributed by atoms with van der Waals surface area (Å²) in [5.41, 5.74) is 0. The van der Waals surface area contributed by atoms with E-state index < -0.39 is 0 Å². The number of hydrogen-bond donors (Lipinski definition) is 0. The van der Waals surface area contributed by atoms with Gasteiger partial charge in [0.25, 0.3) is 0 Å². The molecule has 4 rings (SSSR count). The summed E-state index contributed by atoms with van der Waals surface area (Å²) < 4.78 is 3.91. The Morgan fingerprint density at radius 2 is 1.96 bits per heavy atom. The zero-order valence-electron chi connectivity index (χ0n) is 14.7. The standard InChI is InChI=1S/C17H25N7O/c1-21-15(13-24-11-5-7-18-24)19-20-16(21)14-6-4-10-23(12-14)17(25)22-8-2-3-9-22/h5,7,11,14H,2-4,6,8-10,12-13H2,1H3/t14-/m0/s1. The SMILES string of the molecule is Cn1c(Cn2cccn2)nnc1[C@H]1CCCN(C(=O)N2CCCC2)C1. The minimum absolute atomic E-state index is 0.195. The van der Waals surface area contributed by atoms with E-state index in [1.165, 1.54) is 0 Å². The number of urea groups is 1. The van der Waals surface area contributed by atoms with Gasteiger partial charge in [0.1, 0.15) is 12.4 Å². The molecule has 0 spiro atoms. The maximum Gasteiger partial charge on any atom is 0.320 e. The summed E-state index contributed by atoms with van der Waals surface area (Å²) in [7, 11) is 2.01. The lowest BCUT2D eigenvalue weighted by Crippen LogP contribution is -2.46. The van der Waals surface area contributed by atoms with E-state index in [-0.39, 0.29) is 11.9 Å². The van der Waals surface area contributed by atoms with Crippen LogP contribution in [0.5, 0.6) is 0 Å². The molecule has 0 aliphatic carbocycles. The summed E-state index contributed by atoms with van der Waals surface area (Å²) in [6.45, 7) is 4.00. The highest BCUT2D eigenvalue weighted by atomic mass is 16.2. The van der Waals surface area contributed by atoms with Gasteiger partial charge in [0.15, 0.2) is 5.82 Å². The van der Waals surface area contributed by atoms with Crippen molar-refractivity contribution in [2.24, 2.45) is 7.05 Å². The number of rotatable bonds is 3. The van der Waals surface area contributed by atoms with Gasteiger partial charge >= 0.3 is 6.03 Å². The molecule has 0 saturated carbocycles. The van der Waals surface area contributed by atoms with Crippen molar-refractivity contribution in [3.63, 3.8) is 0 Å². The Bertz CT molecular complexity index is 717. The Morgan fingerprint density at radius 1 is 1.16 bits per heavy atom. The average Bonchev–Trinajstić information content (AvgIpc) is 3.38. The molecule has 2 aromatic rings. The molecule has 2 fully saturated rings. The van der Waals surface area contributed by atoms with E-state index in [4.69, 9.17) is 0 Å². The minimum Gasteiger partial charge on any atom is -0.325 e. The number of carbonyl (C=O) groups is 1. The molecule has 0 aromatic carbocycles. The van der Waals surface area contributed by atoms with Crippen molar-refractivity contribution in [3.8, 4) is 0 Å². The molecule has 0 unspecified atom stereocenters.